The number of nitrogens with one attached hydrogen (secondary N) is 1. The van der Waals surface area contributed by atoms with Crippen molar-refractivity contribution in [2.75, 3.05) is 0 Å². The van der Waals surface area contributed by atoms with Gasteiger partial charge in [-0.25, -0.2) is 4.98 Å². The molecule has 3 aromatic rings. The molecule has 3 atom stereocenters. The number of benzene rings is 2. The number of aryl methyl sites for hydroxylation is 1. The first kappa shape index (κ1) is 17.2. The Morgan fingerprint density at radius 3 is 2.40 bits per heavy atom. The van der Waals surface area contributed by atoms with Gasteiger partial charge in [-0.15, -0.1) is 0 Å². The maximum absolute atomic E-state index is 12.6. The summed E-state index contributed by atoms with van der Waals surface area (Å²) in [4.78, 5) is 17.3. The van der Waals surface area contributed by atoms with E-state index in [2.05, 4.69) is 10.3 Å². The average molecular weight is 336 g/mol. The third-order valence-corrected chi connectivity index (χ3v) is 4.70. The van der Waals surface area contributed by atoms with Crippen LogP contribution in [0.5, 0.6) is 0 Å². The topological polar surface area (TPSA) is 72.9 Å². The van der Waals surface area contributed by atoms with Crippen molar-refractivity contribution in [1.29, 1.82) is 0 Å². The standard InChI is InChI=1S/C20H24N4O/c1-13(18(21)15-9-5-4-6-10-15)20(25)22-14(2)19-23-16-11-7-8-12-17(16)24(19)3/h4-14,18H,21H2,1-3H3,(H,22,25). The maximum atomic E-state index is 12.6. The quantitative estimate of drug-likeness (QED) is 0.752. The summed E-state index contributed by atoms with van der Waals surface area (Å²) >= 11 is 0. The fourth-order valence-corrected chi connectivity index (χ4v) is 3.09. The molecule has 5 heteroatoms. The molecule has 0 aliphatic carbocycles. The van der Waals surface area contributed by atoms with Crippen LogP contribution in [0.15, 0.2) is 54.6 Å². The minimum Gasteiger partial charge on any atom is -0.346 e. The molecule has 3 rings (SSSR count). The lowest BCUT2D eigenvalue weighted by atomic mass is 9.94. The molecule has 1 heterocycles. The molecular formula is C20H24N4O. The van der Waals surface area contributed by atoms with Gasteiger partial charge in [0, 0.05) is 13.1 Å². The van der Waals surface area contributed by atoms with Gasteiger partial charge >= 0.3 is 0 Å². The van der Waals surface area contributed by atoms with Crippen molar-refractivity contribution in [3.63, 3.8) is 0 Å². The van der Waals surface area contributed by atoms with Gasteiger partial charge in [0.25, 0.3) is 0 Å². The van der Waals surface area contributed by atoms with E-state index >= 15 is 0 Å². The second kappa shape index (κ2) is 7.07. The van der Waals surface area contributed by atoms with E-state index in [0.717, 1.165) is 22.4 Å². The van der Waals surface area contributed by atoms with Crippen LogP contribution < -0.4 is 11.1 Å². The van der Waals surface area contributed by atoms with Crippen LogP contribution in [0.3, 0.4) is 0 Å². The number of nitrogens with two attached hydrogens (primary N) is 1. The smallest absolute Gasteiger partial charge is 0.225 e. The maximum Gasteiger partial charge on any atom is 0.225 e. The summed E-state index contributed by atoms with van der Waals surface area (Å²) in [6.07, 6.45) is 0. The summed E-state index contributed by atoms with van der Waals surface area (Å²) in [5, 5.41) is 3.05. The molecule has 5 nitrogen and oxygen atoms in total. The molecule has 0 saturated carbocycles. The van der Waals surface area contributed by atoms with Gasteiger partial charge in [-0.1, -0.05) is 49.4 Å². The second-order valence-corrected chi connectivity index (χ2v) is 6.47. The number of amides is 1. The number of hydrogen-bond donors (Lipinski definition) is 2. The molecule has 0 aliphatic rings. The molecular weight excluding hydrogens is 312 g/mol. The summed E-state index contributed by atoms with van der Waals surface area (Å²) in [6.45, 7) is 3.80. The van der Waals surface area contributed by atoms with Gasteiger partial charge in [-0.05, 0) is 24.6 Å². The molecule has 1 aromatic heterocycles. The van der Waals surface area contributed by atoms with E-state index in [1.807, 2.05) is 80.1 Å². The van der Waals surface area contributed by atoms with Crippen LogP contribution >= 0.6 is 0 Å². The second-order valence-electron chi connectivity index (χ2n) is 6.47. The number of para-hydroxylation sites is 2. The van der Waals surface area contributed by atoms with E-state index in [9.17, 15) is 4.79 Å². The number of nitrogens with zero attached hydrogens (tertiary/aromatic N) is 2. The number of imidazole rings is 1. The lowest BCUT2D eigenvalue weighted by Crippen LogP contribution is -2.37. The van der Waals surface area contributed by atoms with Gasteiger partial charge in [-0.3, -0.25) is 4.79 Å². The summed E-state index contributed by atoms with van der Waals surface area (Å²) in [5.74, 6) is 0.422. The number of hydrogen-bond acceptors (Lipinski definition) is 3. The highest BCUT2D eigenvalue weighted by Gasteiger charge is 2.25. The summed E-state index contributed by atoms with van der Waals surface area (Å²) in [7, 11) is 1.96. The van der Waals surface area contributed by atoms with Crippen molar-refractivity contribution in [2.24, 2.45) is 18.7 Å². The van der Waals surface area contributed by atoms with Gasteiger partial charge < -0.3 is 15.6 Å². The predicted octanol–water partition coefficient (Wildman–Crippen LogP) is 3.09. The van der Waals surface area contributed by atoms with E-state index in [-0.39, 0.29) is 23.9 Å². The Balaban J connectivity index is 1.74. The van der Waals surface area contributed by atoms with E-state index in [1.165, 1.54) is 0 Å². The van der Waals surface area contributed by atoms with Crippen molar-refractivity contribution in [2.45, 2.75) is 25.9 Å². The molecule has 3 unspecified atom stereocenters. The lowest BCUT2D eigenvalue weighted by molar-refractivity contribution is -0.125. The third-order valence-electron chi connectivity index (χ3n) is 4.70. The zero-order valence-corrected chi connectivity index (χ0v) is 14.8. The van der Waals surface area contributed by atoms with Crippen molar-refractivity contribution < 1.29 is 4.79 Å². The Bertz CT molecular complexity index is 872. The largest absolute Gasteiger partial charge is 0.346 e. The minimum atomic E-state index is -0.339. The SMILES string of the molecule is CC(NC(=O)C(C)C(N)c1ccccc1)c1nc2ccccc2n1C. The monoisotopic (exact) mass is 336 g/mol. The molecule has 0 spiro atoms. The zero-order chi connectivity index (χ0) is 18.0. The molecule has 0 saturated heterocycles. The normalized spacial score (nSPS) is 14.9. The molecule has 2 aromatic carbocycles. The first-order chi connectivity index (χ1) is 12.0. The molecule has 0 fully saturated rings. The van der Waals surface area contributed by atoms with Gasteiger partial charge in [0.05, 0.1) is 23.0 Å². The highest BCUT2D eigenvalue weighted by molar-refractivity contribution is 5.80. The molecule has 0 radical (unpaired) electrons. The number of carbonyl (C=O) groups is 1. The van der Waals surface area contributed by atoms with Gasteiger partial charge in [0.15, 0.2) is 0 Å². The van der Waals surface area contributed by atoms with Crippen LogP contribution in [0.4, 0.5) is 0 Å². The molecule has 0 bridgehead atoms. The Labute approximate surface area is 147 Å². The Morgan fingerprint density at radius 1 is 1.08 bits per heavy atom. The molecule has 3 N–H and O–H groups in total. The van der Waals surface area contributed by atoms with Crippen LogP contribution in [-0.4, -0.2) is 15.5 Å². The summed E-state index contributed by atoms with van der Waals surface area (Å²) in [6, 6.07) is 17.1. The predicted molar refractivity (Wildman–Crippen MR) is 99.8 cm³/mol. The van der Waals surface area contributed by atoms with Crippen molar-refractivity contribution in [1.82, 2.24) is 14.9 Å². The Kier molecular flexibility index (Phi) is 4.86. The van der Waals surface area contributed by atoms with E-state index in [1.54, 1.807) is 0 Å². The van der Waals surface area contributed by atoms with E-state index in [4.69, 9.17) is 5.73 Å². The number of rotatable bonds is 5. The first-order valence-electron chi connectivity index (χ1n) is 8.51. The minimum absolute atomic E-state index is 0.0732. The van der Waals surface area contributed by atoms with E-state index in [0.29, 0.717) is 0 Å². The van der Waals surface area contributed by atoms with Crippen molar-refractivity contribution in [3.05, 3.63) is 66.0 Å². The van der Waals surface area contributed by atoms with Gasteiger partial charge in [0.2, 0.25) is 5.91 Å². The molecule has 130 valence electrons. The fraction of sp³-hybridized carbons (Fsp3) is 0.300. The van der Waals surface area contributed by atoms with Crippen LogP contribution in [0, 0.1) is 5.92 Å². The van der Waals surface area contributed by atoms with Crippen molar-refractivity contribution in [3.8, 4) is 0 Å². The number of carbonyl (C=O) groups excluding carboxylic acids is 1. The lowest BCUT2D eigenvalue weighted by Gasteiger charge is -2.22. The first-order valence-corrected chi connectivity index (χ1v) is 8.51. The summed E-state index contributed by atoms with van der Waals surface area (Å²) < 4.78 is 2.02. The summed E-state index contributed by atoms with van der Waals surface area (Å²) in [5.41, 5.74) is 9.20. The number of aromatic nitrogens is 2. The zero-order valence-electron chi connectivity index (χ0n) is 14.8. The van der Waals surface area contributed by atoms with Gasteiger partial charge in [-0.2, -0.15) is 0 Å². The van der Waals surface area contributed by atoms with Gasteiger partial charge in [0.1, 0.15) is 5.82 Å². The van der Waals surface area contributed by atoms with Crippen molar-refractivity contribution >= 4 is 16.9 Å². The van der Waals surface area contributed by atoms with Crippen LogP contribution in [0.2, 0.25) is 0 Å². The van der Waals surface area contributed by atoms with E-state index < -0.39 is 0 Å². The van der Waals surface area contributed by atoms with Crippen LogP contribution in [0.1, 0.15) is 37.3 Å². The third kappa shape index (κ3) is 3.42. The Morgan fingerprint density at radius 2 is 1.72 bits per heavy atom. The molecule has 25 heavy (non-hydrogen) atoms. The van der Waals surface area contributed by atoms with Crippen LogP contribution in [-0.2, 0) is 11.8 Å². The average Bonchev–Trinajstić information content (AvgIpc) is 2.98. The highest BCUT2D eigenvalue weighted by Crippen LogP contribution is 2.22. The molecule has 0 aliphatic heterocycles. The number of fused-ring (bicyclic) bond motifs is 1. The Hall–Kier alpha value is -2.66. The highest BCUT2D eigenvalue weighted by atomic mass is 16.2. The molecule has 1 amide bonds. The van der Waals surface area contributed by atoms with Crippen LogP contribution in [0.25, 0.3) is 11.0 Å². The fourth-order valence-electron chi connectivity index (χ4n) is 3.09.